The highest BCUT2D eigenvalue weighted by atomic mass is 16.3. The second-order valence-corrected chi connectivity index (χ2v) is 5.61. The fourth-order valence-corrected chi connectivity index (χ4v) is 2.01. The molecule has 0 saturated carbocycles. The van der Waals surface area contributed by atoms with Crippen molar-refractivity contribution in [3.8, 4) is 11.3 Å². The van der Waals surface area contributed by atoms with E-state index in [0.717, 1.165) is 29.3 Å². The quantitative estimate of drug-likeness (QED) is 0.906. The van der Waals surface area contributed by atoms with E-state index in [1.54, 1.807) is 0 Å². The molecule has 0 spiro atoms. The summed E-state index contributed by atoms with van der Waals surface area (Å²) in [6.45, 7) is 7.23. The zero-order valence-electron chi connectivity index (χ0n) is 11.7. The number of rotatable bonds is 3. The van der Waals surface area contributed by atoms with Crippen LogP contribution in [0.25, 0.3) is 11.3 Å². The summed E-state index contributed by atoms with van der Waals surface area (Å²) in [6.07, 6.45) is 2.02. The van der Waals surface area contributed by atoms with Gasteiger partial charge in [0, 0.05) is 18.7 Å². The highest BCUT2D eigenvalue weighted by molar-refractivity contribution is 5.61. The third-order valence-corrected chi connectivity index (χ3v) is 2.82. The van der Waals surface area contributed by atoms with Crippen LogP contribution in [0.3, 0.4) is 0 Å². The van der Waals surface area contributed by atoms with Crippen LogP contribution >= 0.6 is 0 Å². The highest BCUT2D eigenvalue weighted by Crippen LogP contribution is 2.32. The smallest absolute Gasteiger partial charge is 0.137 e. The lowest BCUT2D eigenvalue weighted by molar-refractivity contribution is 0.503. The largest absolute Gasteiger partial charge is 0.460 e. The molecule has 4 nitrogen and oxygen atoms in total. The summed E-state index contributed by atoms with van der Waals surface area (Å²) in [4.78, 5) is 0. The number of furan rings is 1. The van der Waals surface area contributed by atoms with Crippen LogP contribution in [0.4, 0.5) is 0 Å². The van der Waals surface area contributed by atoms with Crippen molar-refractivity contribution in [3.05, 3.63) is 29.8 Å². The lowest BCUT2D eigenvalue weighted by Gasteiger charge is -2.16. The van der Waals surface area contributed by atoms with Gasteiger partial charge in [0.1, 0.15) is 11.5 Å². The highest BCUT2D eigenvalue weighted by Gasteiger charge is 2.24. The first-order valence-corrected chi connectivity index (χ1v) is 6.19. The first kappa shape index (κ1) is 12.9. The molecule has 0 amide bonds. The van der Waals surface area contributed by atoms with Gasteiger partial charge < -0.3 is 9.73 Å². The molecule has 98 valence electrons. The van der Waals surface area contributed by atoms with Gasteiger partial charge in [-0.15, -0.1) is 0 Å². The van der Waals surface area contributed by atoms with E-state index in [-0.39, 0.29) is 5.41 Å². The molecule has 0 aliphatic rings. The summed E-state index contributed by atoms with van der Waals surface area (Å²) in [5, 5.41) is 7.64. The molecular weight excluding hydrogens is 226 g/mol. The maximum atomic E-state index is 5.84. The van der Waals surface area contributed by atoms with Gasteiger partial charge in [0.15, 0.2) is 0 Å². The van der Waals surface area contributed by atoms with Gasteiger partial charge >= 0.3 is 0 Å². The summed E-state index contributed by atoms with van der Waals surface area (Å²) in [7, 11) is 3.85. The van der Waals surface area contributed by atoms with Crippen molar-refractivity contribution in [1.29, 1.82) is 0 Å². The summed E-state index contributed by atoms with van der Waals surface area (Å²) >= 11 is 0. The minimum atomic E-state index is 0.00650. The first-order valence-electron chi connectivity index (χ1n) is 6.19. The molecular formula is C14H21N3O. The van der Waals surface area contributed by atoms with Crippen molar-refractivity contribution in [3.63, 3.8) is 0 Å². The summed E-state index contributed by atoms with van der Waals surface area (Å²) < 4.78 is 7.69. The first-order chi connectivity index (χ1) is 8.41. The van der Waals surface area contributed by atoms with Gasteiger partial charge in [-0.05, 0) is 19.2 Å². The maximum absolute atomic E-state index is 5.84. The van der Waals surface area contributed by atoms with E-state index in [1.165, 1.54) is 0 Å². The van der Waals surface area contributed by atoms with Gasteiger partial charge in [0.25, 0.3) is 0 Å². The second kappa shape index (κ2) is 4.61. The molecule has 2 heterocycles. The molecule has 0 bridgehead atoms. The normalized spacial score (nSPS) is 12.1. The van der Waals surface area contributed by atoms with E-state index in [0.29, 0.717) is 0 Å². The van der Waals surface area contributed by atoms with Crippen LogP contribution in [-0.4, -0.2) is 16.8 Å². The summed E-state index contributed by atoms with van der Waals surface area (Å²) in [6, 6.07) is 4.02. The minimum absolute atomic E-state index is 0.00650. The Morgan fingerprint density at radius 3 is 2.67 bits per heavy atom. The summed E-state index contributed by atoms with van der Waals surface area (Å²) in [5.41, 5.74) is 2.15. The standard InChI is InChI=1S/C14H21N3O/c1-14(2,3)13-11(9-17(5)16-13)12-7-6-10(18-12)8-15-4/h6-7,9,15H,8H2,1-5H3. The third-order valence-electron chi connectivity index (χ3n) is 2.82. The van der Waals surface area contributed by atoms with Crippen LogP contribution in [0.15, 0.2) is 22.7 Å². The van der Waals surface area contributed by atoms with Crippen molar-refractivity contribution in [1.82, 2.24) is 15.1 Å². The third kappa shape index (κ3) is 2.48. The Kier molecular flexibility index (Phi) is 3.30. The van der Waals surface area contributed by atoms with Crippen molar-refractivity contribution in [2.24, 2.45) is 7.05 Å². The Hall–Kier alpha value is -1.55. The van der Waals surface area contributed by atoms with Gasteiger partial charge in [-0.3, -0.25) is 4.68 Å². The maximum Gasteiger partial charge on any atom is 0.137 e. The molecule has 0 aromatic carbocycles. The number of hydrogen-bond donors (Lipinski definition) is 1. The van der Waals surface area contributed by atoms with Crippen LogP contribution < -0.4 is 5.32 Å². The van der Waals surface area contributed by atoms with Crippen LogP contribution in [0, 0.1) is 0 Å². The van der Waals surface area contributed by atoms with E-state index < -0.39 is 0 Å². The van der Waals surface area contributed by atoms with Crippen molar-refractivity contribution >= 4 is 0 Å². The minimum Gasteiger partial charge on any atom is -0.460 e. The Morgan fingerprint density at radius 2 is 2.06 bits per heavy atom. The predicted molar refractivity (Wildman–Crippen MR) is 72.4 cm³/mol. The number of hydrogen-bond acceptors (Lipinski definition) is 3. The average molecular weight is 247 g/mol. The summed E-state index contributed by atoms with van der Waals surface area (Å²) in [5.74, 6) is 1.83. The molecule has 0 unspecified atom stereocenters. The van der Waals surface area contributed by atoms with Gasteiger partial charge in [0.05, 0.1) is 17.8 Å². The molecule has 4 heteroatoms. The van der Waals surface area contributed by atoms with E-state index in [4.69, 9.17) is 4.42 Å². The van der Waals surface area contributed by atoms with Crippen LogP contribution in [-0.2, 0) is 19.0 Å². The van der Waals surface area contributed by atoms with E-state index in [2.05, 4.69) is 31.2 Å². The van der Waals surface area contributed by atoms with Crippen LogP contribution in [0.5, 0.6) is 0 Å². The number of nitrogens with one attached hydrogen (secondary N) is 1. The van der Waals surface area contributed by atoms with E-state index in [1.807, 2.05) is 37.1 Å². The lowest BCUT2D eigenvalue weighted by Crippen LogP contribution is -2.13. The number of aromatic nitrogens is 2. The topological polar surface area (TPSA) is 43.0 Å². The molecule has 0 atom stereocenters. The second-order valence-electron chi connectivity index (χ2n) is 5.61. The molecule has 18 heavy (non-hydrogen) atoms. The lowest BCUT2D eigenvalue weighted by atomic mass is 9.89. The average Bonchev–Trinajstić information content (AvgIpc) is 2.84. The zero-order valence-corrected chi connectivity index (χ0v) is 11.7. The molecule has 0 fully saturated rings. The molecule has 0 radical (unpaired) electrons. The van der Waals surface area contributed by atoms with E-state index >= 15 is 0 Å². The molecule has 2 aromatic heterocycles. The Morgan fingerprint density at radius 1 is 1.33 bits per heavy atom. The molecule has 2 rings (SSSR count). The predicted octanol–water partition coefficient (Wildman–Crippen LogP) is 2.70. The molecule has 1 N–H and O–H groups in total. The molecule has 0 saturated heterocycles. The zero-order chi connectivity index (χ0) is 13.3. The van der Waals surface area contributed by atoms with Gasteiger partial charge in [0.2, 0.25) is 0 Å². The van der Waals surface area contributed by atoms with Gasteiger partial charge in [-0.25, -0.2) is 0 Å². The Balaban J connectivity index is 2.43. The van der Waals surface area contributed by atoms with E-state index in [9.17, 15) is 0 Å². The Labute approximate surface area is 108 Å². The molecule has 2 aromatic rings. The van der Waals surface area contributed by atoms with Gasteiger partial charge in [-0.2, -0.15) is 5.10 Å². The SMILES string of the molecule is CNCc1ccc(-c2cn(C)nc2C(C)(C)C)o1. The molecule has 0 aliphatic heterocycles. The van der Waals surface area contributed by atoms with Crippen molar-refractivity contribution < 1.29 is 4.42 Å². The monoisotopic (exact) mass is 247 g/mol. The fraction of sp³-hybridized carbons (Fsp3) is 0.500. The van der Waals surface area contributed by atoms with Crippen molar-refractivity contribution in [2.45, 2.75) is 32.7 Å². The van der Waals surface area contributed by atoms with Crippen LogP contribution in [0.1, 0.15) is 32.2 Å². The number of nitrogens with zero attached hydrogens (tertiary/aromatic N) is 2. The van der Waals surface area contributed by atoms with Crippen molar-refractivity contribution in [2.75, 3.05) is 7.05 Å². The van der Waals surface area contributed by atoms with Gasteiger partial charge in [-0.1, -0.05) is 20.8 Å². The fourth-order valence-electron chi connectivity index (χ4n) is 2.01. The molecule has 0 aliphatic carbocycles. The number of aryl methyl sites for hydroxylation is 1. The van der Waals surface area contributed by atoms with Crippen LogP contribution in [0.2, 0.25) is 0 Å². The Bertz CT molecular complexity index is 531.